The Balaban J connectivity index is 2.28. The highest BCUT2D eigenvalue weighted by Gasteiger charge is 2.51. The quantitative estimate of drug-likeness (QED) is 0.852. The second kappa shape index (κ2) is 5.67. The Hall–Kier alpha value is -0.570. The number of amides is 1. The third-order valence-electron chi connectivity index (χ3n) is 5.58. The first-order valence-corrected chi connectivity index (χ1v) is 8.46. The SMILES string of the molecule is CCCC1NC(C)(CC)C(=O)N1C1CCCCC1(C)C. The van der Waals surface area contributed by atoms with Crippen molar-refractivity contribution in [1.82, 2.24) is 10.2 Å². The Bertz CT molecular complexity index is 366. The molecule has 1 aliphatic heterocycles. The molecule has 1 aliphatic carbocycles. The van der Waals surface area contributed by atoms with Crippen LogP contribution in [-0.4, -0.2) is 28.6 Å². The van der Waals surface area contributed by atoms with E-state index in [0.29, 0.717) is 11.9 Å². The van der Waals surface area contributed by atoms with Crippen LogP contribution in [0.3, 0.4) is 0 Å². The van der Waals surface area contributed by atoms with Gasteiger partial charge in [0.2, 0.25) is 5.91 Å². The summed E-state index contributed by atoms with van der Waals surface area (Å²) in [5, 5.41) is 3.63. The highest BCUT2D eigenvalue weighted by atomic mass is 16.2. The molecule has 0 aromatic heterocycles. The van der Waals surface area contributed by atoms with E-state index < -0.39 is 0 Å². The predicted molar refractivity (Wildman–Crippen MR) is 83.4 cm³/mol. The lowest BCUT2D eigenvalue weighted by Gasteiger charge is -2.46. The van der Waals surface area contributed by atoms with Crippen molar-refractivity contribution in [3.63, 3.8) is 0 Å². The van der Waals surface area contributed by atoms with Gasteiger partial charge in [0.15, 0.2) is 0 Å². The third-order valence-corrected chi connectivity index (χ3v) is 5.58. The van der Waals surface area contributed by atoms with E-state index in [1.54, 1.807) is 0 Å². The number of hydrogen-bond donors (Lipinski definition) is 1. The number of carbonyl (C=O) groups excluding carboxylic acids is 1. The van der Waals surface area contributed by atoms with Crippen molar-refractivity contribution in [3.05, 3.63) is 0 Å². The predicted octanol–water partition coefficient (Wildman–Crippen LogP) is 3.68. The fourth-order valence-corrected chi connectivity index (χ4v) is 4.01. The van der Waals surface area contributed by atoms with E-state index in [9.17, 15) is 4.79 Å². The monoisotopic (exact) mass is 280 g/mol. The molecule has 2 rings (SSSR count). The molecule has 3 nitrogen and oxygen atoms in total. The molecule has 116 valence electrons. The van der Waals surface area contributed by atoms with Gasteiger partial charge in [0, 0.05) is 6.04 Å². The maximum Gasteiger partial charge on any atom is 0.244 e. The standard InChI is InChI=1S/C17H32N2O/c1-6-10-14-18-17(5,7-2)15(20)19(14)13-11-8-9-12-16(13,3)4/h13-14,18H,6-12H2,1-5H3. The van der Waals surface area contributed by atoms with Crippen LogP contribution in [0.1, 0.15) is 79.6 Å². The van der Waals surface area contributed by atoms with Crippen LogP contribution < -0.4 is 5.32 Å². The molecule has 0 spiro atoms. The summed E-state index contributed by atoms with van der Waals surface area (Å²) in [5.41, 5.74) is -0.103. The lowest BCUT2D eigenvalue weighted by Crippen LogP contribution is -2.52. The molecular formula is C17H32N2O. The van der Waals surface area contributed by atoms with Gasteiger partial charge in [0.1, 0.15) is 0 Å². The molecule has 2 fully saturated rings. The number of nitrogens with zero attached hydrogens (tertiary/aromatic N) is 1. The molecular weight excluding hydrogens is 248 g/mol. The fraction of sp³-hybridized carbons (Fsp3) is 0.941. The second-order valence-corrected chi connectivity index (χ2v) is 7.60. The number of nitrogens with one attached hydrogen (secondary N) is 1. The van der Waals surface area contributed by atoms with Crippen molar-refractivity contribution < 1.29 is 4.79 Å². The first kappa shape index (κ1) is 15.8. The van der Waals surface area contributed by atoms with Crippen LogP contribution in [0, 0.1) is 5.41 Å². The van der Waals surface area contributed by atoms with E-state index in [2.05, 4.69) is 44.8 Å². The highest BCUT2D eigenvalue weighted by molar-refractivity contribution is 5.88. The van der Waals surface area contributed by atoms with Gasteiger partial charge in [0.25, 0.3) is 0 Å². The van der Waals surface area contributed by atoms with Crippen molar-refractivity contribution in [2.24, 2.45) is 5.41 Å². The zero-order chi connectivity index (χ0) is 15.0. The Kier molecular flexibility index (Phi) is 4.48. The van der Waals surface area contributed by atoms with Gasteiger partial charge in [-0.05, 0) is 38.0 Å². The third kappa shape index (κ3) is 2.61. The maximum atomic E-state index is 13.0. The van der Waals surface area contributed by atoms with Crippen molar-refractivity contribution in [3.8, 4) is 0 Å². The van der Waals surface area contributed by atoms with E-state index in [0.717, 1.165) is 19.3 Å². The normalized spacial score (nSPS) is 37.5. The van der Waals surface area contributed by atoms with Gasteiger partial charge in [-0.15, -0.1) is 0 Å². The molecule has 1 amide bonds. The van der Waals surface area contributed by atoms with E-state index in [4.69, 9.17) is 0 Å². The van der Waals surface area contributed by atoms with Gasteiger partial charge in [-0.3, -0.25) is 10.1 Å². The lowest BCUT2D eigenvalue weighted by molar-refractivity contribution is -0.139. The van der Waals surface area contributed by atoms with Crippen molar-refractivity contribution in [2.45, 2.75) is 97.3 Å². The largest absolute Gasteiger partial charge is 0.322 e. The Morgan fingerprint density at radius 2 is 1.95 bits per heavy atom. The average molecular weight is 280 g/mol. The van der Waals surface area contributed by atoms with Crippen molar-refractivity contribution in [2.75, 3.05) is 0 Å². The first-order valence-electron chi connectivity index (χ1n) is 8.46. The summed E-state index contributed by atoms with van der Waals surface area (Å²) in [4.78, 5) is 15.2. The van der Waals surface area contributed by atoms with Crippen LogP contribution in [0.5, 0.6) is 0 Å². The van der Waals surface area contributed by atoms with Gasteiger partial charge < -0.3 is 4.90 Å². The summed E-state index contributed by atoms with van der Waals surface area (Å²) in [6.07, 6.45) is 8.27. The summed E-state index contributed by atoms with van der Waals surface area (Å²) >= 11 is 0. The molecule has 3 atom stereocenters. The van der Waals surface area contributed by atoms with Gasteiger partial charge in [-0.25, -0.2) is 0 Å². The van der Waals surface area contributed by atoms with E-state index in [-0.39, 0.29) is 17.1 Å². The molecule has 2 aliphatic rings. The number of carbonyl (C=O) groups is 1. The minimum absolute atomic E-state index is 0.236. The topological polar surface area (TPSA) is 32.3 Å². The van der Waals surface area contributed by atoms with E-state index in [1.165, 1.54) is 25.7 Å². The number of hydrogen-bond acceptors (Lipinski definition) is 2. The minimum atomic E-state index is -0.354. The zero-order valence-corrected chi connectivity index (χ0v) is 14.0. The lowest BCUT2D eigenvalue weighted by atomic mass is 9.72. The second-order valence-electron chi connectivity index (χ2n) is 7.60. The summed E-state index contributed by atoms with van der Waals surface area (Å²) in [5.74, 6) is 0.332. The van der Waals surface area contributed by atoms with Crippen LogP contribution >= 0.6 is 0 Å². The average Bonchev–Trinajstić information content (AvgIpc) is 2.63. The van der Waals surface area contributed by atoms with Crippen LogP contribution in [0.2, 0.25) is 0 Å². The molecule has 1 N–H and O–H groups in total. The Morgan fingerprint density at radius 1 is 1.25 bits per heavy atom. The Morgan fingerprint density at radius 3 is 2.50 bits per heavy atom. The maximum absolute atomic E-state index is 13.0. The molecule has 1 saturated heterocycles. The van der Waals surface area contributed by atoms with E-state index in [1.807, 2.05) is 0 Å². The molecule has 20 heavy (non-hydrogen) atoms. The minimum Gasteiger partial charge on any atom is -0.322 e. The summed E-state index contributed by atoms with van der Waals surface area (Å²) in [6, 6.07) is 0.404. The van der Waals surface area contributed by atoms with Gasteiger partial charge in [-0.1, -0.05) is 47.0 Å². The molecule has 1 saturated carbocycles. The highest BCUT2D eigenvalue weighted by Crippen LogP contribution is 2.42. The molecule has 0 aromatic rings. The first-order chi connectivity index (χ1) is 9.35. The molecule has 0 radical (unpaired) electrons. The van der Waals surface area contributed by atoms with Crippen LogP contribution in [-0.2, 0) is 4.79 Å². The van der Waals surface area contributed by atoms with Crippen molar-refractivity contribution >= 4 is 5.91 Å². The molecule has 1 heterocycles. The molecule has 3 unspecified atom stereocenters. The fourth-order valence-electron chi connectivity index (χ4n) is 4.01. The summed E-state index contributed by atoms with van der Waals surface area (Å²) in [7, 11) is 0. The number of rotatable bonds is 4. The van der Waals surface area contributed by atoms with Crippen LogP contribution in [0.4, 0.5) is 0 Å². The smallest absolute Gasteiger partial charge is 0.244 e. The van der Waals surface area contributed by atoms with E-state index >= 15 is 0 Å². The summed E-state index contributed by atoms with van der Waals surface area (Å²) in [6.45, 7) is 11.1. The van der Waals surface area contributed by atoms with Gasteiger partial charge >= 0.3 is 0 Å². The van der Waals surface area contributed by atoms with Gasteiger partial charge in [0.05, 0.1) is 11.7 Å². The summed E-state index contributed by atoms with van der Waals surface area (Å²) < 4.78 is 0. The molecule has 0 aromatic carbocycles. The Labute approximate surface area is 124 Å². The molecule has 3 heteroatoms. The zero-order valence-electron chi connectivity index (χ0n) is 14.0. The van der Waals surface area contributed by atoms with Gasteiger partial charge in [-0.2, -0.15) is 0 Å². The van der Waals surface area contributed by atoms with Crippen molar-refractivity contribution in [1.29, 1.82) is 0 Å². The van der Waals surface area contributed by atoms with Crippen LogP contribution in [0.25, 0.3) is 0 Å². The molecule has 0 bridgehead atoms. The van der Waals surface area contributed by atoms with Crippen LogP contribution in [0.15, 0.2) is 0 Å².